The molecule has 2 aliphatic rings. The van der Waals surface area contributed by atoms with Crippen molar-refractivity contribution in [1.82, 2.24) is 0 Å². The number of hydrogen-bond donors (Lipinski definition) is 0. The van der Waals surface area contributed by atoms with E-state index in [2.05, 4.69) is 6.92 Å². The van der Waals surface area contributed by atoms with Gasteiger partial charge in [-0.25, -0.2) is 0 Å². The first kappa shape index (κ1) is 16.8. The standard InChI is InChI=1S/C19H34O2/c1-2-3-4-9-14-19(15-10-6-11-16-19)18(20)21-17-12-7-5-8-13-17/h17H,2-16H2,1H3. The molecule has 0 atom stereocenters. The average molecular weight is 294 g/mol. The fraction of sp³-hybridized carbons (Fsp3) is 0.947. The molecule has 2 fully saturated rings. The minimum Gasteiger partial charge on any atom is -0.462 e. The van der Waals surface area contributed by atoms with Crippen LogP contribution in [0.4, 0.5) is 0 Å². The quantitative estimate of drug-likeness (QED) is 0.439. The number of ether oxygens (including phenoxy) is 1. The van der Waals surface area contributed by atoms with Crippen LogP contribution in [-0.2, 0) is 9.53 Å². The van der Waals surface area contributed by atoms with E-state index in [1.807, 2.05) is 0 Å². The largest absolute Gasteiger partial charge is 0.462 e. The Labute approximate surface area is 131 Å². The lowest BCUT2D eigenvalue weighted by molar-refractivity contribution is -0.166. The van der Waals surface area contributed by atoms with Gasteiger partial charge in [-0.2, -0.15) is 0 Å². The smallest absolute Gasteiger partial charge is 0.312 e. The predicted octanol–water partition coefficient (Wildman–Crippen LogP) is 5.78. The molecule has 0 aromatic heterocycles. The summed E-state index contributed by atoms with van der Waals surface area (Å²) in [7, 11) is 0. The number of carbonyl (C=O) groups is 1. The van der Waals surface area contributed by atoms with Crippen molar-refractivity contribution in [3.05, 3.63) is 0 Å². The van der Waals surface area contributed by atoms with Crippen LogP contribution < -0.4 is 0 Å². The lowest BCUT2D eigenvalue weighted by Crippen LogP contribution is -2.37. The molecule has 0 aromatic carbocycles. The minimum absolute atomic E-state index is 0.122. The summed E-state index contributed by atoms with van der Waals surface area (Å²) in [5, 5.41) is 0. The van der Waals surface area contributed by atoms with Gasteiger partial charge in [0.1, 0.15) is 6.10 Å². The number of unbranched alkanes of at least 4 members (excludes halogenated alkanes) is 3. The van der Waals surface area contributed by atoms with Gasteiger partial charge in [0.05, 0.1) is 5.41 Å². The Kier molecular flexibility index (Phi) is 7.06. The molecule has 2 nitrogen and oxygen atoms in total. The number of carbonyl (C=O) groups excluding carboxylic acids is 1. The predicted molar refractivity (Wildman–Crippen MR) is 87.2 cm³/mol. The van der Waals surface area contributed by atoms with Crippen molar-refractivity contribution in [3.8, 4) is 0 Å². The molecule has 0 N–H and O–H groups in total. The third kappa shape index (κ3) is 5.00. The molecular weight excluding hydrogens is 260 g/mol. The van der Waals surface area contributed by atoms with Gasteiger partial charge in [0.15, 0.2) is 0 Å². The van der Waals surface area contributed by atoms with Gasteiger partial charge in [-0.05, 0) is 44.9 Å². The van der Waals surface area contributed by atoms with E-state index < -0.39 is 0 Å². The Morgan fingerprint density at radius 1 is 0.952 bits per heavy atom. The molecular formula is C19H34O2. The van der Waals surface area contributed by atoms with Crippen LogP contribution >= 0.6 is 0 Å². The maximum atomic E-state index is 12.8. The van der Waals surface area contributed by atoms with Gasteiger partial charge in [0, 0.05) is 0 Å². The number of hydrogen-bond acceptors (Lipinski definition) is 2. The zero-order valence-electron chi connectivity index (χ0n) is 14.0. The van der Waals surface area contributed by atoms with Crippen LogP contribution in [-0.4, -0.2) is 12.1 Å². The molecule has 0 bridgehead atoms. The monoisotopic (exact) mass is 294 g/mol. The molecule has 122 valence electrons. The van der Waals surface area contributed by atoms with Crippen molar-refractivity contribution in [1.29, 1.82) is 0 Å². The topological polar surface area (TPSA) is 26.3 Å². The van der Waals surface area contributed by atoms with E-state index in [1.165, 1.54) is 64.2 Å². The number of esters is 1. The minimum atomic E-state index is -0.122. The van der Waals surface area contributed by atoms with Gasteiger partial charge in [-0.15, -0.1) is 0 Å². The Hall–Kier alpha value is -0.530. The average Bonchev–Trinajstić information content (AvgIpc) is 2.53. The van der Waals surface area contributed by atoms with Crippen LogP contribution in [0, 0.1) is 5.41 Å². The van der Waals surface area contributed by atoms with Gasteiger partial charge >= 0.3 is 5.97 Å². The highest BCUT2D eigenvalue weighted by molar-refractivity contribution is 5.77. The summed E-state index contributed by atoms with van der Waals surface area (Å²) in [5.74, 6) is 0.158. The SMILES string of the molecule is CCCCCCC1(C(=O)OC2CCCCC2)CCCCC1. The molecule has 0 saturated heterocycles. The number of rotatable bonds is 7. The second kappa shape index (κ2) is 8.80. The van der Waals surface area contributed by atoms with E-state index in [-0.39, 0.29) is 17.5 Å². The van der Waals surface area contributed by atoms with Crippen LogP contribution in [0.25, 0.3) is 0 Å². The zero-order valence-corrected chi connectivity index (χ0v) is 14.0. The summed E-state index contributed by atoms with van der Waals surface area (Å²) in [5.41, 5.74) is -0.122. The summed E-state index contributed by atoms with van der Waals surface area (Å²) in [6.07, 6.45) is 18.2. The van der Waals surface area contributed by atoms with Gasteiger partial charge in [-0.1, -0.05) is 58.3 Å². The molecule has 0 aromatic rings. The third-order valence-corrected chi connectivity index (χ3v) is 5.58. The zero-order chi connectivity index (χ0) is 15.0. The fourth-order valence-corrected chi connectivity index (χ4v) is 4.13. The molecule has 0 radical (unpaired) electrons. The first-order chi connectivity index (χ1) is 10.3. The Bertz CT molecular complexity index is 299. The van der Waals surface area contributed by atoms with Crippen LogP contribution in [0.2, 0.25) is 0 Å². The Balaban J connectivity index is 1.88. The van der Waals surface area contributed by atoms with Crippen LogP contribution in [0.15, 0.2) is 0 Å². The van der Waals surface area contributed by atoms with Gasteiger partial charge in [0.2, 0.25) is 0 Å². The van der Waals surface area contributed by atoms with Gasteiger partial charge < -0.3 is 4.74 Å². The van der Waals surface area contributed by atoms with E-state index >= 15 is 0 Å². The van der Waals surface area contributed by atoms with Crippen molar-refractivity contribution < 1.29 is 9.53 Å². The van der Waals surface area contributed by atoms with E-state index in [9.17, 15) is 4.79 Å². The molecule has 21 heavy (non-hydrogen) atoms. The van der Waals surface area contributed by atoms with Crippen LogP contribution in [0.1, 0.15) is 103 Å². The summed E-state index contributed by atoms with van der Waals surface area (Å²) >= 11 is 0. The van der Waals surface area contributed by atoms with Crippen molar-refractivity contribution in [3.63, 3.8) is 0 Å². The van der Waals surface area contributed by atoms with Crippen molar-refractivity contribution in [2.45, 2.75) is 109 Å². The molecule has 0 heterocycles. The highest BCUT2D eigenvalue weighted by atomic mass is 16.5. The van der Waals surface area contributed by atoms with E-state index in [4.69, 9.17) is 4.74 Å². The molecule has 0 amide bonds. The first-order valence-electron chi connectivity index (χ1n) is 9.48. The van der Waals surface area contributed by atoms with E-state index in [0.29, 0.717) is 0 Å². The highest BCUT2D eigenvalue weighted by Gasteiger charge is 2.41. The second-order valence-corrected chi connectivity index (χ2v) is 7.32. The molecule has 0 spiro atoms. The Morgan fingerprint density at radius 3 is 2.29 bits per heavy atom. The molecule has 2 heteroatoms. The van der Waals surface area contributed by atoms with Crippen LogP contribution in [0.5, 0.6) is 0 Å². The summed E-state index contributed by atoms with van der Waals surface area (Å²) < 4.78 is 5.95. The van der Waals surface area contributed by atoms with Crippen molar-refractivity contribution in [2.75, 3.05) is 0 Å². The second-order valence-electron chi connectivity index (χ2n) is 7.32. The van der Waals surface area contributed by atoms with E-state index in [1.54, 1.807) is 0 Å². The molecule has 2 saturated carbocycles. The molecule has 2 rings (SSSR count). The lowest BCUT2D eigenvalue weighted by atomic mass is 9.70. The Morgan fingerprint density at radius 2 is 1.62 bits per heavy atom. The normalized spacial score (nSPS) is 22.9. The van der Waals surface area contributed by atoms with Crippen molar-refractivity contribution in [2.24, 2.45) is 5.41 Å². The molecule has 0 aliphatic heterocycles. The maximum Gasteiger partial charge on any atom is 0.312 e. The summed E-state index contributed by atoms with van der Waals surface area (Å²) in [6, 6.07) is 0. The van der Waals surface area contributed by atoms with E-state index in [0.717, 1.165) is 32.1 Å². The van der Waals surface area contributed by atoms with Gasteiger partial charge in [0.25, 0.3) is 0 Å². The maximum absolute atomic E-state index is 12.8. The highest BCUT2D eigenvalue weighted by Crippen LogP contribution is 2.42. The summed E-state index contributed by atoms with van der Waals surface area (Å²) in [4.78, 5) is 12.8. The third-order valence-electron chi connectivity index (χ3n) is 5.58. The first-order valence-corrected chi connectivity index (χ1v) is 9.48. The van der Waals surface area contributed by atoms with Gasteiger partial charge in [-0.3, -0.25) is 4.79 Å². The molecule has 2 aliphatic carbocycles. The van der Waals surface area contributed by atoms with Crippen LogP contribution in [0.3, 0.4) is 0 Å². The van der Waals surface area contributed by atoms with Crippen molar-refractivity contribution >= 4 is 5.97 Å². The fourth-order valence-electron chi connectivity index (χ4n) is 4.13. The summed E-state index contributed by atoms with van der Waals surface area (Å²) in [6.45, 7) is 2.24. The lowest BCUT2D eigenvalue weighted by Gasteiger charge is -2.37. The molecule has 0 unspecified atom stereocenters.